The standard InChI is InChI=1S/C15H15NO5/c17-13(11-3-1-2-4-12(11)15(20)21)16-10-7-5-9(6-8-10)14(18)19/h1-2,5-8,11-12H,3-4H2,(H,16,17)(H,18,19)(H,20,21)/t11-,12-/m0/s1. The lowest BCUT2D eigenvalue weighted by atomic mass is 9.82. The smallest absolute Gasteiger partial charge is 0.335 e. The largest absolute Gasteiger partial charge is 0.481 e. The van der Waals surface area contributed by atoms with Crippen molar-refractivity contribution in [3.05, 3.63) is 42.0 Å². The molecule has 0 aliphatic heterocycles. The highest BCUT2D eigenvalue weighted by molar-refractivity contribution is 5.96. The number of hydrogen-bond acceptors (Lipinski definition) is 3. The normalized spacial score (nSPS) is 20.8. The van der Waals surface area contributed by atoms with E-state index in [2.05, 4.69) is 5.32 Å². The second-order valence-electron chi connectivity index (χ2n) is 4.87. The van der Waals surface area contributed by atoms with Gasteiger partial charge in [-0.3, -0.25) is 9.59 Å². The summed E-state index contributed by atoms with van der Waals surface area (Å²) in [5.41, 5.74) is 0.570. The first kappa shape index (κ1) is 14.8. The molecule has 2 atom stereocenters. The molecule has 0 spiro atoms. The Morgan fingerprint density at radius 2 is 1.52 bits per heavy atom. The fourth-order valence-electron chi connectivity index (χ4n) is 2.31. The number of nitrogens with one attached hydrogen (secondary N) is 1. The number of allylic oxidation sites excluding steroid dienone is 2. The van der Waals surface area contributed by atoms with Crippen molar-refractivity contribution >= 4 is 23.5 Å². The minimum Gasteiger partial charge on any atom is -0.481 e. The van der Waals surface area contributed by atoms with Crippen molar-refractivity contribution in [2.45, 2.75) is 12.8 Å². The number of carbonyl (C=O) groups excluding carboxylic acids is 1. The van der Waals surface area contributed by atoms with E-state index in [-0.39, 0.29) is 11.5 Å². The summed E-state index contributed by atoms with van der Waals surface area (Å²) in [6.45, 7) is 0. The highest BCUT2D eigenvalue weighted by Crippen LogP contribution is 2.27. The molecule has 0 unspecified atom stereocenters. The van der Waals surface area contributed by atoms with Gasteiger partial charge >= 0.3 is 11.9 Å². The molecule has 21 heavy (non-hydrogen) atoms. The van der Waals surface area contributed by atoms with Gasteiger partial charge in [-0.25, -0.2) is 4.79 Å². The molecule has 0 heterocycles. The molecule has 3 N–H and O–H groups in total. The molecule has 0 bridgehead atoms. The molecular formula is C15H15NO5. The monoisotopic (exact) mass is 289 g/mol. The van der Waals surface area contributed by atoms with Crippen molar-refractivity contribution < 1.29 is 24.6 Å². The average molecular weight is 289 g/mol. The Bertz CT molecular complexity index is 591. The van der Waals surface area contributed by atoms with E-state index in [9.17, 15) is 14.4 Å². The van der Waals surface area contributed by atoms with Crippen LogP contribution < -0.4 is 5.32 Å². The highest BCUT2D eigenvalue weighted by Gasteiger charge is 2.33. The minimum atomic E-state index is -1.05. The molecule has 6 heteroatoms. The van der Waals surface area contributed by atoms with Crippen molar-refractivity contribution in [1.82, 2.24) is 0 Å². The van der Waals surface area contributed by atoms with Crippen LogP contribution in [0.25, 0.3) is 0 Å². The number of amides is 1. The molecule has 0 radical (unpaired) electrons. The number of carboxylic acids is 2. The molecule has 1 aromatic carbocycles. The van der Waals surface area contributed by atoms with Crippen molar-refractivity contribution in [3.63, 3.8) is 0 Å². The Morgan fingerprint density at radius 1 is 0.952 bits per heavy atom. The average Bonchev–Trinajstić information content (AvgIpc) is 2.47. The van der Waals surface area contributed by atoms with E-state index in [1.165, 1.54) is 24.3 Å². The van der Waals surface area contributed by atoms with Crippen LogP contribution >= 0.6 is 0 Å². The zero-order chi connectivity index (χ0) is 15.4. The first-order chi connectivity index (χ1) is 9.99. The number of carbonyl (C=O) groups is 3. The molecule has 110 valence electrons. The number of carboxylic acid groups (broad SMARTS) is 2. The summed E-state index contributed by atoms with van der Waals surface area (Å²) in [4.78, 5) is 34.1. The predicted octanol–water partition coefficient (Wildman–Crippen LogP) is 1.99. The molecule has 1 aliphatic rings. The van der Waals surface area contributed by atoms with Crippen LogP contribution in [0.15, 0.2) is 36.4 Å². The Labute approximate surface area is 121 Å². The van der Waals surface area contributed by atoms with Gasteiger partial charge in [-0.15, -0.1) is 0 Å². The topological polar surface area (TPSA) is 104 Å². The zero-order valence-electron chi connectivity index (χ0n) is 11.2. The summed E-state index contributed by atoms with van der Waals surface area (Å²) in [7, 11) is 0. The maximum Gasteiger partial charge on any atom is 0.335 e. The Balaban J connectivity index is 2.08. The Kier molecular flexibility index (Phi) is 4.37. The van der Waals surface area contributed by atoms with Crippen LogP contribution in [-0.4, -0.2) is 28.1 Å². The molecule has 1 aliphatic carbocycles. The van der Waals surface area contributed by atoms with Crippen molar-refractivity contribution in [2.24, 2.45) is 11.8 Å². The van der Waals surface area contributed by atoms with Gasteiger partial charge in [0.25, 0.3) is 0 Å². The Morgan fingerprint density at radius 3 is 2.05 bits per heavy atom. The summed E-state index contributed by atoms with van der Waals surface area (Å²) in [5.74, 6) is -3.74. The summed E-state index contributed by atoms with van der Waals surface area (Å²) in [5, 5.41) is 20.6. The summed E-state index contributed by atoms with van der Waals surface area (Å²) >= 11 is 0. The number of rotatable bonds is 4. The molecule has 0 aromatic heterocycles. The van der Waals surface area contributed by atoms with Crippen LogP contribution in [-0.2, 0) is 9.59 Å². The van der Waals surface area contributed by atoms with E-state index >= 15 is 0 Å². The zero-order valence-corrected chi connectivity index (χ0v) is 11.2. The number of aromatic carboxylic acids is 1. The van der Waals surface area contributed by atoms with Crippen molar-refractivity contribution in [1.29, 1.82) is 0 Å². The second kappa shape index (κ2) is 6.21. The van der Waals surface area contributed by atoms with Gasteiger partial charge in [0.05, 0.1) is 17.4 Å². The Hall–Kier alpha value is -2.63. The van der Waals surface area contributed by atoms with Crippen molar-refractivity contribution in [2.75, 3.05) is 5.32 Å². The first-order valence-electron chi connectivity index (χ1n) is 6.51. The summed E-state index contributed by atoms with van der Waals surface area (Å²) in [6, 6.07) is 5.73. The third kappa shape index (κ3) is 3.47. The fourth-order valence-corrected chi connectivity index (χ4v) is 2.31. The van der Waals surface area contributed by atoms with Gasteiger partial charge in [0.1, 0.15) is 0 Å². The van der Waals surface area contributed by atoms with Gasteiger partial charge in [-0.05, 0) is 37.1 Å². The van der Waals surface area contributed by atoms with Gasteiger partial charge in [0.2, 0.25) is 5.91 Å². The van der Waals surface area contributed by atoms with E-state index in [4.69, 9.17) is 10.2 Å². The number of anilines is 1. The fraction of sp³-hybridized carbons (Fsp3) is 0.267. The lowest BCUT2D eigenvalue weighted by Crippen LogP contribution is -2.34. The van der Waals surface area contributed by atoms with E-state index in [1.807, 2.05) is 0 Å². The molecule has 1 amide bonds. The molecule has 1 aromatic rings. The third-order valence-corrected chi connectivity index (χ3v) is 3.49. The van der Waals surface area contributed by atoms with Crippen LogP contribution in [0.3, 0.4) is 0 Å². The van der Waals surface area contributed by atoms with E-state index in [1.54, 1.807) is 12.2 Å². The second-order valence-corrected chi connectivity index (χ2v) is 4.87. The maximum atomic E-state index is 12.2. The lowest BCUT2D eigenvalue weighted by Gasteiger charge is -2.24. The summed E-state index contributed by atoms with van der Waals surface area (Å²) < 4.78 is 0. The number of hydrogen-bond donors (Lipinski definition) is 3. The van der Waals surface area contributed by atoms with Crippen molar-refractivity contribution in [3.8, 4) is 0 Å². The van der Waals surface area contributed by atoms with Gasteiger partial charge in [0.15, 0.2) is 0 Å². The van der Waals surface area contributed by atoms with E-state index in [0.29, 0.717) is 18.5 Å². The van der Waals surface area contributed by atoms with Gasteiger partial charge < -0.3 is 15.5 Å². The summed E-state index contributed by atoms with van der Waals surface area (Å²) in [6.07, 6.45) is 4.29. The predicted molar refractivity (Wildman–Crippen MR) is 75.0 cm³/mol. The minimum absolute atomic E-state index is 0.122. The van der Waals surface area contributed by atoms with Gasteiger partial charge in [0, 0.05) is 5.69 Å². The molecule has 2 rings (SSSR count). The molecule has 0 saturated heterocycles. The first-order valence-corrected chi connectivity index (χ1v) is 6.51. The van der Waals surface area contributed by atoms with Crippen LogP contribution in [0, 0.1) is 11.8 Å². The third-order valence-electron chi connectivity index (χ3n) is 3.49. The molecular weight excluding hydrogens is 274 g/mol. The van der Waals surface area contributed by atoms with Gasteiger partial charge in [-0.2, -0.15) is 0 Å². The van der Waals surface area contributed by atoms with E-state index in [0.717, 1.165) is 0 Å². The molecule has 0 fully saturated rings. The van der Waals surface area contributed by atoms with Crippen LogP contribution in [0.4, 0.5) is 5.69 Å². The number of benzene rings is 1. The van der Waals surface area contributed by atoms with Crippen LogP contribution in [0.1, 0.15) is 23.2 Å². The maximum absolute atomic E-state index is 12.2. The SMILES string of the molecule is O=C(O)c1ccc(NC(=O)[C@H]2CC=CC[C@@H]2C(=O)O)cc1. The molecule has 6 nitrogen and oxygen atoms in total. The van der Waals surface area contributed by atoms with Crippen LogP contribution in [0.2, 0.25) is 0 Å². The highest BCUT2D eigenvalue weighted by atomic mass is 16.4. The molecule has 0 saturated carbocycles. The quantitative estimate of drug-likeness (QED) is 0.735. The lowest BCUT2D eigenvalue weighted by molar-refractivity contribution is -0.146. The van der Waals surface area contributed by atoms with Crippen LogP contribution in [0.5, 0.6) is 0 Å². The number of aliphatic carboxylic acids is 1. The van der Waals surface area contributed by atoms with Gasteiger partial charge in [-0.1, -0.05) is 12.2 Å². The van der Waals surface area contributed by atoms with E-state index < -0.39 is 23.8 Å².